The van der Waals surface area contributed by atoms with Crippen LogP contribution in [0.4, 0.5) is 10.5 Å². The third-order valence-electron chi connectivity index (χ3n) is 5.00. The number of carbonyl (C=O) groups is 2. The third kappa shape index (κ3) is 1.89. The maximum absolute atomic E-state index is 12.8. The Bertz CT molecular complexity index is 1120. The summed E-state index contributed by atoms with van der Waals surface area (Å²) in [4.78, 5) is 31.7. The lowest BCUT2D eigenvalue weighted by Gasteiger charge is -2.31. The monoisotopic (exact) mass is 345 g/mol. The van der Waals surface area contributed by atoms with Crippen molar-refractivity contribution in [2.24, 2.45) is 4.99 Å². The van der Waals surface area contributed by atoms with E-state index in [0.717, 1.165) is 6.42 Å². The van der Waals surface area contributed by atoms with Crippen molar-refractivity contribution in [2.45, 2.75) is 6.42 Å². The Morgan fingerprint density at radius 2 is 1.77 bits per heavy atom. The molecule has 26 heavy (non-hydrogen) atoms. The first-order chi connectivity index (χ1) is 12.7. The van der Waals surface area contributed by atoms with Gasteiger partial charge in [-0.1, -0.05) is 30.3 Å². The molecule has 1 aromatic heterocycles. The highest BCUT2D eigenvalue weighted by atomic mass is 16.3. The molecule has 0 atom stereocenters. The van der Waals surface area contributed by atoms with Crippen LogP contribution in [0.1, 0.15) is 22.3 Å². The average molecular weight is 345 g/mol. The minimum atomic E-state index is -0.278. The lowest BCUT2D eigenvalue weighted by molar-refractivity contribution is 0.106. The molecule has 0 saturated carbocycles. The number of amides is 1. The summed E-state index contributed by atoms with van der Waals surface area (Å²) in [7, 11) is 0. The Labute approximate surface area is 149 Å². The van der Waals surface area contributed by atoms with Gasteiger partial charge in [-0.15, -0.1) is 0 Å². The van der Waals surface area contributed by atoms with Crippen LogP contribution in [0.3, 0.4) is 0 Å². The number of hydrogen-bond acceptors (Lipinski definition) is 4. The average Bonchev–Trinajstić information content (AvgIpc) is 3.07. The zero-order chi connectivity index (χ0) is 17.8. The van der Waals surface area contributed by atoms with E-state index in [9.17, 15) is 14.7 Å². The standard InChI is InChI=1S/C20H15N3O3/c24-18-12-6-1-3-8-14(12)21-17(18)16-13-7-2-4-9-15(13)23(19(16)25)20(26)22-10-5-11-22/h1-4,6-9,25H,5,10-11H2. The first kappa shape index (κ1) is 14.9. The number of nitrogens with zero attached hydrogens (tertiary/aromatic N) is 3. The van der Waals surface area contributed by atoms with E-state index >= 15 is 0 Å². The molecular weight excluding hydrogens is 330 g/mol. The molecule has 0 bridgehead atoms. The number of ketones is 1. The highest BCUT2D eigenvalue weighted by molar-refractivity contribution is 6.56. The Morgan fingerprint density at radius 1 is 1.04 bits per heavy atom. The largest absolute Gasteiger partial charge is 0.494 e. The number of benzene rings is 2. The summed E-state index contributed by atoms with van der Waals surface area (Å²) in [5.41, 5.74) is 2.15. The van der Waals surface area contributed by atoms with E-state index < -0.39 is 0 Å². The molecule has 1 saturated heterocycles. The lowest BCUT2D eigenvalue weighted by Crippen LogP contribution is -2.44. The SMILES string of the molecule is O=C1C(c2c(O)n(C(=O)N3CCC3)c3ccccc23)=Nc2ccccc21. The van der Waals surface area contributed by atoms with E-state index in [-0.39, 0.29) is 23.4 Å². The van der Waals surface area contributed by atoms with Gasteiger partial charge in [-0.05, 0) is 24.6 Å². The maximum atomic E-state index is 12.8. The van der Waals surface area contributed by atoms with Gasteiger partial charge in [0.25, 0.3) is 0 Å². The van der Waals surface area contributed by atoms with Crippen LogP contribution in [0.5, 0.6) is 5.88 Å². The van der Waals surface area contributed by atoms with E-state index in [0.29, 0.717) is 40.8 Å². The summed E-state index contributed by atoms with van der Waals surface area (Å²) in [5.74, 6) is -0.474. The predicted octanol–water partition coefficient (Wildman–Crippen LogP) is 3.34. The second-order valence-corrected chi connectivity index (χ2v) is 6.48. The molecular formula is C20H15N3O3. The maximum Gasteiger partial charge on any atom is 0.331 e. The van der Waals surface area contributed by atoms with Crippen LogP contribution in [0.25, 0.3) is 10.9 Å². The minimum Gasteiger partial charge on any atom is -0.494 e. The summed E-state index contributed by atoms with van der Waals surface area (Å²) < 4.78 is 1.28. The van der Waals surface area contributed by atoms with Crippen molar-refractivity contribution in [1.29, 1.82) is 0 Å². The molecule has 6 nitrogen and oxygen atoms in total. The number of para-hydroxylation sites is 2. The fraction of sp³-hybridized carbons (Fsp3) is 0.150. The number of hydrogen-bond donors (Lipinski definition) is 1. The molecule has 1 N–H and O–H groups in total. The molecule has 0 spiro atoms. The van der Waals surface area contributed by atoms with Crippen molar-refractivity contribution >= 4 is 34.1 Å². The van der Waals surface area contributed by atoms with Crippen molar-refractivity contribution in [3.63, 3.8) is 0 Å². The van der Waals surface area contributed by atoms with Gasteiger partial charge in [0.2, 0.25) is 11.7 Å². The number of likely N-dealkylation sites (tertiary alicyclic amines) is 1. The topological polar surface area (TPSA) is 74.9 Å². The first-order valence-corrected chi connectivity index (χ1v) is 8.51. The molecule has 1 fully saturated rings. The number of carbonyl (C=O) groups excluding carboxylic acids is 2. The van der Waals surface area contributed by atoms with Gasteiger partial charge in [0.05, 0.1) is 16.8 Å². The van der Waals surface area contributed by atoms with Crippen LogP contribution in [0, 0.1) is 0 Å². The predicted molar refractivity (Wildman–Crippen MR) is 97.6 cm³/mol. The van der Waals surface area contributed by atoms with Crippen LogP contribution < -0.4 is 0 Å². The van der Waals surface area contributed by atoms with Gasteiger partial charge in [0.15, 0.2) is 0 Å². The van der Waals surface area contributed by atoms with Crippen molar-refractivity contribution in [2.75, 3.05) is 13.1 Å². The number of fused-ring (bicyclic) bond motifs is 2. The van der Waals surface area contributed by atoms with Crippen LogP contribution >= 0.6 is 0 Å². The van der Waals surface area contributed by atoms with E-state index in [1.807, 2.05) is 12.1 Å². The van der Waals surface area contributed by atoms with Gasteiger partial charge >= 0.3 is 6.03 Å². The normalized spacial score (nSPS) is 15.8. The molecule has 2 aliphatic heterocycles. The van der Waals surface area contributed by atoms with Crippen LogP contribution in [0.2, 0.25) is 0 Å². The van der Waals surface area contributed by atoms with Crippen LogP contribution in [0.15, 0.2) is 53.5 Å². The summed E-state index contributed by atoms with van der Waals surface area (Å²) in [6.45, 7) is 1.34. The summed E-state index contributed by atoms with van der Waals surface area (Å²) in [6, 6.07) is 14.0. The fourth-order valence-electron chi connectivity index (χ4n) is 3.53. The van der Waals surface area contributed by atoms with Gasteiger partial charge < -0.3 is 10.0 Å². The molecule has 2 aromatic carbocycles. The Hall–Kier alpha value is -3.41. The molecule has 2 aliphatic rings. The van der Waals surface area contributed by atoms with Gasteiger partial charge in [0, 0.05) is 24.0 Å². The zero-order valence-corrected chi connectivity index (χ0v) is 13.8. The first-order valence-electron chi connectivity index (χ1n) is 8.51. The Kier molecular flexibility index (Phi) is 3.03. The van der Waals surface area contributed by atoms with Crippen molar-refractivity contribution in [1.82, 2.24) is 9.47 Å². The smallest absolute Gasteiger partial charge is 0.331 e. The van der Waals surface area contributed by atoms with E-state index in [4.69, 9.17) is 0 Å². The summed E-state index contributed by atoms with van der Waals surface area (Å²) in [6.07, 6.45) is 0.957. The van der Waals surface area contributed by atoms with Crippen LogP contribution in [-0.4, -0.2) is 45.2 Å². The molecule has 0 unspecified atom stereocenters. The number of rotatable bonds is 1. The number of aromatic nitrogens is 1. The molecule has 0 aliphatic carbocycles. The van der Waals surface area contributed by atoms with Crippen molar-refractivity contribution in [3.05, 3.63) is 59.7 Å². The van der Waals surface area contributed by atoms with Gasteiger partial charge in [0.1, 0.15) is 5.71 Å². The summed E-state index contributed by atoms with van der Waals surface area (Å²) >= 11 is 0. The van der Waals surface area contributed by atoms with Crippen molar-refractivity contribution < 1.29 is 14.7 Å². The Balaban J connectivity index is 1.74. The molecule has 5 rings (SSSR count). The molecule has 3 heterocycles. The van der Waals surface area contributed by atoms with Gasteiger partial charge in [-0.3, -0.25) is 4.79 Å². The molecule has 0 radical (unpaired) electrons. The number of Topliss-reactive ketones (excluding diaryl/α,β-unsaturated/α-hetero) is 1. The van der Waals surface area contributed by atoms with E-state index in [2.05, 4.69) is 4.99 Å². The second-order valence-electron chi connectivity index (χ2n) is 6.48. The van der Waals surface area contributed by atoms with E-state index in [1.165, 1.54) is 4.57 Å². The second kappa shape index (κ2) is 5.29. The molecule has 3 aromatic rings. The third-order valence-corrected chi connectivity index (χ3v) is 5.00. The van der Waals surface area contributed by atoms with E-state index in [1.54, 1.807) is 41.3 Å². The van der Waals surface area contributed by atoms with Crippen LogP contribution in [-0.2, 0) is 0 Å². The fourth-order valence-corrected chi connectivity index (χ4v) is 3.53. The number of aliphatic imine (C=N–C) groups is 1. The summed E-state index contributed by atoms with van der Waals surface area (Å²) in [5, 5.41) is 11.5. The number of aromatic hydroxyl groups is 1. The molecule has 1 amide bonds. The van der Waals surface area contributed by atoms with Gasteiger partial charge in [-0.2, -0.15) is 0 Å². The Morgan fingerprint density at radius 3 is 2.50 bits per heavy atom. The zero-order valence-electron chi connectivity index (χ0n) is 13.8. The van der Waals surface area contributed by atoms with Crippen molar-refractivity contribution in [3.8, 4) is 5.88 Å². The highest BCUT2D eigenvalue weighted by Gasteiger charge is 2.34. The lowest BCUT2D eigenvalue weighted by atomic mass is 10.0. The quantitative estimate of drug-likeness (QED) is 0.735. The highest BCUT2D eigenvalue weighted by Crippen LogP contribution is 2.37. The van der Waals surface area contributed by atoms with Gasteiger partial charge in [-0.25, -0.2) is 14.4 Å². The molecule has 6 heteroatoms. The molecule has 128 valence electrons. The minimum absolute atomic E-state index is 0.176.